The predicted octanol–water partition coefficient (Wildman–Crippen LogP) is 4.12. The Bertz CT molecular complexity index is 1020. The van der Waals surface area contributed by atoms with Crippen LogP contribution in [0.15, 0.2) is 78.9 Å². The topological polar surface area (TPSA) is 98.5 Å². The first kappa shape index (κ1) is 20.7. The van der Waals surface area contributed by atoms with Crippen LogP contribution in [-0.2, 0) is 17.8 Å². The van der Waals surface area contributed by atoms with E-state index in [1.54, 1.807) is 0 Å². The van der Waals surface area contributed by atoms with Crippen molar-refractivity contribution in [3.63, 3.8) is 0 Å². The molecule has 151 valence electrons. The molecule has 0 heterocycles. The van der Waals surface area contributed by atoms with Crippen molar-refractivity contribution in [2.24, 2.45) is 0 Å². The number of alkyl carbamates (subject to hydrolysis) is 1. The van der Waals surface area contributed by atoms with Gasteiger partial charge in [0, 0.05) is 24.1 Å². The highest BCUT2D eigenvalue weighted by Gasteiger charge is 2.25. The molecule has 0 spiro atoms. The summed E-state index contributed by atoms with van der Waals surface area (Å²) in [4.78, 5) is 35.8. The molecule has 1 atom stereocenters. The van der Waals surface area contributed by atoms with E-state index in [4.69, 9.17) is 4.74 Å². The molecule has 30 heavy (non-hydrogen) atoms. The van der Waals surface area contributed by atoms with Crippen molar-refractivity contribution in [1.82, 2.24) is 5.32 Å². The molecule has 1 radical (unpaired) electrons. The molecular weight excluding hydrogens is 384 g/mol. The Morgan fingerprint density at radius 3 is 2.27 bits per heavy atom. The van der Waals surface area contributed by atoms with Crippen LogP contribution >= 0.6 is 0 Å². The van der Waals surface area contributed by atoms with Gasteiger partial charge in [-0.15, -0.1) is 0 Å². The van der Waals surface area contributed by atoms with E-state index in [1.807, 2.05) is 60.7 Å². The Hall–Kier alpha value is -4.00. The molecule has 3 aromatic carbocycles. The molecule has 0 fully saturated rings. The molecule has 0 aliphatic heterocycles. The van der Waals surface area contributed by atoms with E-state index in [2.05, 4.69) is 11.4 Å². The highest BCUT2D eigenvalue weighted by Crippen LogP contribution is 2.16. The minimum atomic E-state index is -0.964. The number of rotatable bonds is 8. The molecule has 0 unspecified atom stereocenters. The number of carbonyl (C=O) groups excluding carboxylic acids is 2. The lowest BCUT2D eigenvalue weighted by Gasteiger charge is -2.18. The van der Waals surface area contributed by atoms with Crippen LogP contribution in [0.1, 0.15) is 21.5 Å². The van der Waals surface area contributed by atoms with Gasteiger partial charge in [0.25, 0.3) is 5.69 Å². The van der Waals surface area contributed by atoms with Crippen LogP contribution in [0.4, 0.5) is 10.5 Å². The normalized spacial score (nSPS) is 11.3. The van der Waals surface area contributed by atoms with Gasteiger partial charge in [-0.05, 0) is 23.3 Å². The fourth-order valence-corrected chi connectivity index (χ4v) is 2.86. The van der Waals surface area contributed by atoms with E-state index in [9.17, 15) is 19.7 Å². The van der Waals surface area contributed by atoms with Gasteiger partial charge < -0.3 is 10.1 Å². The molecule has 3 rings (SSSR count). The Labute approximate surface area is 173 Å². The van der Waals surface area contributed by atoms with Crippen LogP contribution in [0, 0.1) is 16.2 Å². The molecule has 7 heteroatoms. The van der Waals surface area contributed by atoms with Crippen molar-refractivity contribution < 1.29 is 19.2 Å². The quantitative estimate of drug-likeness (QED) is 0.347. The standard InChI is InChI=1S/C23H19N2O5/c26-22(19-12-7-13-20(15-19)25(28)29)21(14-17-8-3-1-4-9-17)24-23(27)30-16-18-10-5-2-6-11-18/h1-11,13,15,21H,14,16H2,(H,24,27)/t21-/m0/s1. The smallest absolute Gasteiger partial charge is 0.408 e. The molecule has 1 amide bonds. The Morgan fingerprint density at radius 2 is 1.63 bits per heavy atom. The molecule has 0 aromatic heterocycles. The number of nitrogens with zero attached hydrogens (tertiary/aromatic N) is 1. The number of ketones is 1. The second kappa shape index (κ2) is 9.97. The molecule has 0 saturated heterocycles. The first-order valence-electron chi connectivity index (χ1n) is 9.24. The summed E-state index contributed by atoms with van der Waals surface area (Å²) in [6.07, 6.45) is -0.546. The van der Waals surface area contributed by atoms with E-state index < -0.39 is 22.8 Å². The minimum Gasteiger partial charge on any atom is -0.445 e. The molecule has 0 saturated carbocycles. The van der Waals surface area contributed by atoms with Crippen LogP contribution in [0.25, 0.3) is 0 Å². The van der Waals surface area contributed by atoms with E-state index in [1.165, 1.54) is 12.1 Å². The number of non-ortho nitro benzene ring substituents is 1. The zero-order valence-corrected chi connectivity index (χ0v) is 16.0. The molecule has 0 bridgehead atoms. The molecule has 0 aliphatic carbocycles. The van der Waals surface area contributed by atoms with Gasteiger partial charge >= 0.3 is 6.09 Å². The lowest BCUT2D eigenvalue weighted by Crippen LogP contribution is -2.42. The summed E-state index contributed by atoms with van der Waals surface area (Å²) >= 11 is 0. The second-order valence-corrected chi connectivity index (χ2v) is 6.53. The lowest BCUT2D eigenvalue weighted by atomic mass is 9.97. The number of hydrogen-bond acceptors (Lipinski definition) is 5. The van der Waals surface area contributed by atoms with Crippen molar-refractivity contribution in [1.29, 1.82) is 0 Å². The van der Waals surface area contributed by atoms with Crippen LogP contribution in [-0.4, -0.2) is 22.8 Å². The van der Waals surface area contributed by atoms with Gasteiger partial charge in [-0.2, -0.15) is 0 Å². The number of nitro groups is 1. The monoisotopic (exact) mass is 403 g/mol. The summed E-state index contributed by atoms with van der Waals surface area (Å²) in [6.45, 7) is 0.0574. The summed E-state index contributed by atoms with van der Waals surface area (Å²) in [7, 11) is 0. The van der Waals surface area contributed by atoms with Crippen molar-refractivity contribution in [2.75, 3.05) is 0 Å². The number of hydrogen-bond donors (Lipinski definition) is 1. The average molecular weight is 403 g/mol. The van der Waals surface area contributed by atoms with E-state index in [-0.39, 0.29) is 24.3 Å². The van der Waals surface area contributed by atoms with Crippen molar-refractivity contribution >= 4 is 17.6 Å². The number of nitrogens with one attached hydrogen (secondary N) is 1. The second-order valence-electron chi connectivity index (χ2n) is 6.53. The highest BCUT2D eigenvalue weighted by atomic mass is 16.6. The molecular formula is C23H19N2O5. The van der Waals surface area contributed by atoms with Gasteiger partial charge in [0.1, 0.15) is 6.61 Å². The fourth-order valence-electron chi connectivity index (χ4n) is 2.86. The Kier molecular flexibility index (Phi) is 6.89. The van der Waals surface area contributed by atoms with Gasteiger partial charge in [0.2, 0.25) is 0 Å². The zero-order chi connectivity index (χ0) is 21.3. The number of Topliss-reactive ketones (excluding diaryl/α,β-unsaturated/α-hetero) is 1. The van der Waals surface area contributed by atoms with Gasteiger partial charge in [-0.1, -0.05) is 60.7 Å². The third-order valence-electron chi connectivity index (χ3n) is 4.37. The molecule has 1 N–H and O–H groups in total. The first-order valence-corrected chi connectivity index (χ1v) is 9.24. The maximum absolute atomic E-state index is 13.0. The van der Waals surface area contributed by atoms with Crippen molar-refractivity contribution in [2.45, 2.75) is 19.1 Å². The first-order chi connectivity index (χ1) is 14.5. The third-order valence-corrected chi connectivity index (χ3v) is 4.37. The Morgan fingerprint density at radius 1 is 1.00 bits per heavy atom. The number of amides is 1. The maximum Gasteiger partial charge on any atom is 0.408 e. The summed E-state index contributed by atoms with van der Waals surface area (Å²) < 4.78 is 5.22. The summed E-state index contributed by atoms with van der Waals surface area (Å²) in [5, 5.41) is 13.6. The molecule has 3 aromatic rings. The third kappa shape index (κ3) is 5.75. The Balaban J connectivity index is 1.75. The van der Waals surface area contributed by atoms with Crippen LogP contribution in [0.2, 0.25) is 0 Å². The average Bonchev–Trinajstić information content (AvgIpc) is 2.78. The largest absolute Gasteiger partial charge is 0.445 e. The summed E-state index contributed by atoms with van der Waals surface area (Å²) in [6, 6.07) is 23.8. The SMILES string of the molecule is O=C(N[C@@H](Cc1ccccc1)C(=O)c1[c]ccc([N+](=O)[O-])c1)OCc1ccccc1. The predicted molar refractivity (Wildman–Crippen MR) is 110 cm³/mol. The van der Waals surface area contributed by atoms with Crippen LogP contribution in [0.3, 0.4) is 0 Å². The van der Waals surface area contributed by atoms with Gasteiger partial charge in [0.15, 0.2) is 5.78 Å². The number of benzene rings is 3. The van der Waals surface area contributed by atoms with E-state index in [0.29, 0.717) is 0 Å². The van der Waals surface area contributed by atoms with Crippen LogP contribution < -0.4 is 5.32 Å². The lowest BCUT2D eigenvalue weighted by molar-refractivity contribution is -0.384. The summed E-state index contributed by atoms with van der Waals surface area (Å²) in [5.41, 5.74) is 1.44. The fraction of sp³-hybridized carbons (Fsp3) is 0.130. The van der Waals surface area contributed by atoms with E-state index >= 15 is 0 Å². The molecule has 0 aliphatic rings. The highest BCUT2D eigenvalue weighted by molar-refractivity contribution is 6.01. The number of ether oxygens (including phenoxy) is 1. The minimum absolute atomic E-state index is 0.0218. The van der Waals surface area contributed by atoms with Crippen LogP contribution in [0.5, 0.6) is 0 Å². The number of nitro benzene ring substituents is 1. The van der Waals surface area contributed by atoms with Gasteiger partial charge in [-0.3, -0.25) is 14.9 Å². The maximum atomic E-state index is 13.0. The van der Waals surface area contributed by atoms with Gasteiger partial charge in [0.05, 0.1) is 11.0 Å². The zero-order valence-electron chi connectivity index (χ0n) is 16.0. The van der Waals surface area contributed by atoms with Crippen molar-refractivity contribution in [3.8, 4) is 0 Å². The van der Waals surface area contributed by atoms with Crippen molar-refractivity contribution in [3.05, 3.63) is 112 Å². The molecule has 7 nitrogen and oxygen atoms in total. The summed E-state index contributed by atoms with van der Waals surface area (Å²) in [5.74, 6) is -0.487. The van der Waals surface area contributed by atoms with Gasteiger partial charge in [-0.25, -0.2) is 4.79 Å². The van der Waals surface area contributed by atoms with E-state index in [0.717, 1.165) is 17.2 Å². The number of carbonyl (C=O) groups is 2.